The van der Waals surface area contributed by atoms with Crippen molar-refractivity contribution >= 4 is 23.4 Å². The first-order valence-corrected chi connectivity index (χ1v) is 7.29. The zero-order valence-electron chi connectivity index (χ0n) is 10.8. The lowest BCUT2D eigenvalue weighted by Crippen LogP contribution is -2.09. The number of pyridine rings is 1. The topological polar surface area (TPSA) is 38.9 Å². The summed E-state index contributed by atoms with van der Waals surface area (Å²) in [7, 11) is 0. The van der Waals surface area contributed by atoms with Gasteiger partial charge in [0, 0.05) is 11.1 Å². The fraction of sp³-hybridized carbons (Fsp3) is 0.214. The number of halogens is 4. The highest BCUT2D eigenvalue weighted by molar-refractivity contribution is 7.99. The maximum absolute atomic E-state index is 13.1. The Bertz CT molecular complexity index is 615. The summed E-state index contributed by atoms with van der Waals surface area (Å²) < 4.78 is 39.4. The van der Waals surface area contributed by atoms with Crippen molar-refractivity contribution in [2.24, 2.45) is 5.73 Å². The van der Waals surface area contributed by atoms with Crippen LogP contribution >= 0.6 is 23.4 Å². The van der Waals surface area contributed by atoms with Gasteiger partial charge >= 0.3 is 6.18 Å². The fourth-order valence-electron chi connectivity index (χ4n) is 1.75. The van der Waals surface area contributed by atoms with Crippen LogP contribution in [0.25, 0.3) is 0 Å². The van der Waals surface area contributed by atoms with Crippen molar-refractivity contribution in [1.29, 1.82) is 0 Å². The monoisotopic (exact) mass is 332 g/mol. The molecule has 0 aliphatic heterocycles. The minimum Gasteiger partial charge on any atom is -0.330 e. The molecule has 0 amide bonds. The second-order valence-corrected chi connectivity index (χ2v) is 5.78. The van der Waals surface area contributed by atoms with Crippen LogP contribution < -0.4 is 5.73 Å². The van der Waals surface area contributed by atoms with E-state index in [1.54, 1.807) is 18.2 Å². The Labute approximate surface area is 129 Å². The number of nitrogens with zero attached hydrogens (tertiary/aromatic N) is 1. The average Bonchev–Trinajstić information content (AvgIpc) is 2.42. The van der Waals surface area contributed by atoms with E-state index in [-0.39, 0.29) is 4.90 Å². The van der Waals surface area contributed by atoms with Crippen LogP contribution in [0.5, 0.6) is 0 Å². The summed E-state index contributed by atoms with van der Waals surface area (Å²) in [4.78, 5) is 4.11. The summed E-state index contributed by atoms with van der Waals surface area (Å²) in [5, 5.41) is 0.894. The second kappa shape index (κ2) is 6.68. The Kier molecular flexibility index (Phi) is 5.13. The maximum atomic E-state index is 13.1. The van der Waals surface area contributed by atoms with Crippen molar-refractivity contribution in [2.45, 2.75) is 22.5 Å². The predicted octanol–water partition coefficient (Wildman–Crippen LogP) is 4.41. The van der Waals surface area contributed by atoms with E-state index in [0.717, 1.165) is 17.8 Å². The molecule has 0 aliphatic carbocycles. The van der Waals surface area contributed by atoms with Crippen molar-refractivity contribution in [3.63, 3.8) is 0 Å². The van der Waals surface area contributed by atoms with Crippen LogP contribution in [-0.4, -0.2) is 11.5 Å². The van der Waals surface area contributed by atoms with Crippen LogP contribution in [0, 0.1) is 0 Å². The molecule has 7 heteroatoms. The molecule has 0 atom stereocenters. The highest BCUT2D eigenvalue weighted by Crippen LogP contribution is 2.39. The Morgan fingerprint density at radius 2 is 1.95 bits per heavy atom. The SMILES string of the molecule is NCCc1ccc(Sc2ccc(Cl)cn2)c(C(F)(F)F)c1. The zero-order valence-corrected chi connectivity index (χ0v) is 12.4. The normalized spacial score (nSPS) is 11.7. The van der Waals surface area contributed by atoms with Gasteiger partial charge in [-0.25, -0.2) is 4.98 Å². The van der Waals surface area contributed by atoms with Gasteiger partial charge in [-0.15, -0.1) is 0 Å². The number of aromatic nitrogens is 1. The van der Waals surface area contributed by atoms with Gasteiger partial charge in [0.15, 0.2) is 0 Å². The lowest BCUT2D eigenvalue weighted by molar-refractivity contribution is -0.139. The third-order valence-corrected chi connectivity index (χ3v) is 3.95. The molecule has 112 valence electrons. The van der Waals surface area contributed by atoms with Crippen LogP contribution in [0.4, 0.5) is 13.2 Å². The molecule has 21 heavy (non-hydrogen) atoms. The smallest absolute Gasteiger partial charge is 0.330 e. The predicted molar refractivity (Wildman–Crippen MR) is 77.6 cm³/mol. The van der Waals surface area contributed by atoms with Gasteiger partial charge in [-0.2, -0.15) is 13.2 Å². The zero-order chi connectivity index (χ0) is 15.5. The first kappa shape index (κ1) is 16.1. The molecule has 0 saturated heterocycles. The molecule has 2 nitrogen and oxygen atoms in total. The number of nitrogens with two attached hydrogens (primary N) is 1. The van der Waals surface area contributed by atoms with Gasteiger partial charge in [0.2, 0.25) is 0 Å². The van der Waals surface area contributed by atoms with Gasteiger partial charge in [0.1, 0.15) is 5.03 Å². The first-order valence-electron chi connectivity index (χ1n) is 6.10. The van der Waals surface area contributed by atoms with Crippen molar-refractivity contribution in [1.82, 2.24) is 4.98 Å². The fourth-order valence-corrected chi connectivity index (χ4v) is 2.74. The molecule has 0 radical (unpaired) electrons. The highest BCUT2D eigenvalue weighted by Gasteiger charge is 2.34. The van der Waals surface area contributed by atoms with Crippen LogP contribution in [0.15, 0.2) is 46.5 Å². The van der Waals surface area contributed by atoms with E-state index in [9.17, 15) is 13.2 Å². The third kappa shape index (κ3) is 4.36. The maximum Gasteiger partial charge on any atom is 0.417 e. The molecular weight excluding hydrogens is 321 g/mol. The molecule has 0 aliphatic rings. The summed E-state index contributed by atoms with van der Waals surface area (Å²) in [6.45, 7) is 0.308. The Morgan fingerprint density at radius 1 is 1.19 bits per heavy atom. The van der Waals surface area contributed by atoms with Gasteiger partial charge < -0.3 is 5.73 Å². The van der Waals surface area contributed by atoms with Crippen molar-refractivity contribution in [2.75, 3.05) is 6.54 Å². The average molecular weight is 333 g/mol. The molecule has 1 aromatic heterocycles. The molecule has 2 N–H and O–H groups in total. The number of hydrogen-bond donors (Lipinski definition) is 1. The summed E-state index contributed by atoms with van der Waals surface area (Å²) >= 11 is 6.67. The minimum atomic E-state index is -4.42. The molecule has 2 aromatic rings. The number of hydrogen-bond acceptors (Lipinski definition) is 3. The van der Waals surface area contributed by atoms with Crippen LogP contribution in [0.1, 0.15) is 11.1 Å². The molecule has 1 heterocycles. The van der Waals surface area contributed by atoms with E-state index in [4.69, 9.17) is 17.3 Å². The van der Waals surface area contributed by atoms with Crippen LogP contribution in [-0.2, 0) is 12.6 Å². The Balaban J connectivity index is 2.35. The number of rotatable bonds is 4. The lowest BCUT2D eigenvalue weighted by atomic mass is 10.1. The highest BCUT2D eigenvalue weighted by atomic mass is 35.5. The van der Waals surface area contributed by atoms with Gasteiger partial charge in [-0.1, -0.05) is 29.4 Å². The molecule has 0 saturated carbocycles. The quantitative estimate of drug-likeness (QED) is 0.901. The molecule has 0 bridgehead atoms. The summed E-state index contributed by atoms with van der Waals surface area (Å²) in [5.74, 6) is 0. The van der Waals surface area contributed by atoms with E-state index in [0.29, 0.717) is 28.6 Å². The molecule has 0 unspecified atom stereocenters. The Morgan fingerprint density at radius 3 is 2.52 bits per heavy atom. The minimum absolute atomic E-state index is 0.109. The summed E-state index contributed by atoms with van der Waals surface area (Å²) in [6.07, 6.45) is -2.60. The van der Waals surface area contributed by atoms with Crippen molar-refractivity contribution in [3.8, 4) is 0 Å². The van der Waals surface area contributed by atoms with E-state index in [1.165, 1.54) is 12.3 Å². The van der Waals surface area contributed by atoms with Gasteiger partial charge in [0.05, 0.1) is 10.6 Å². The Hall–Kier alpha value is -1.24. The first-order chi connectivity index (χ1) is 9.90. The van der Waals surface area contributed by atoms with E-state index in [1.807, 2.05) is 0 Å². The largest absolute Gasteiger partial charge is 0.417 e. The standard InChI is InChI=1S/C14H12ClF3N2S/c15-10-2-4-13(20-8-10)21-12-3-1-9(5-6-19)7-11(12)14(16,17)18/h1-4,7-8H,5-6,19H2. The van der Waals surface area contributed by atoms with E-state index < -0.39 is 11.7 Å². The van der Waals surface area contributed by atoms with Gasteiger partial charge in [-0.05, 0) is 42.8 Å². The molecule has 1 aromatic carbocycles. The number of benzene rings is 1. The summed E-state index contributed by atoms with van der Waals surface area (Å²) in [6, 6.07) is 7.42. The molecular formula is C14H12ClF3N2S. The second-order valence-electron chi connectivity index (χ2n) is 4.28. The summed E-state index contributed by atoms with van der Waals surface area (Å²) in [5.41, 5.74) is 5.28. The van der Waals surface area contributed by atoms with Gasteiger partial charge in [-0.3, -0.25) is 0 Å². The molecule has 0 spiro atoms. The van der Waals surface area contributed by atoms with Crippen molar-refractivity contribution < 1.29 is 13.2 Å². The van der Waals surface area contributed by atoms with Crippen LogP contribution in [0.2, 0.25) is 5.02 Å². The van der Waals surface area contributed by atoms with E-state index in [2.05, 4.69) is 4.98 Å². The lowest BCUT2D eigenvalue weighted by Gasteiger charge is -2.14. The van der Waals surface area contributed by atoms with Gasteiger partial charge in [0.25, 0.3) is 0 Å². The number of alkyl halides is 3. The van der Waals surface area contributed by atoms with Crippen LogP contribution in [0.3, 0.4) is 0 Å². The molecule has 2 rings (SSSR count). The van der Waals surface area contributed by atoms with Crippen molar-refractivity contribution in [3.05, 3.63) is 52.7 Å². The van der Waals surface area contributed by atoms with E-state index >= 15 is 0 Å². The molecule has 0 fully saturated rings. The third-order valence-electron chi connectivity index (χ3n) is 2.70.